The number of benzene rings is 1. The molecule has 2 aromatic rings. The lowest BCUT2D eigenvalue weighted by atomic mass is 9.95. The molecule has 1 aliphatic rings. The molecule has 0 bridgehead atoms. The molecule has 2 heterocycles. The monoisotopic (exact) mass is 358 g/mol. The number of rotatable bonds is 5. The van der Waals surface area contributed by atoms with Crippen LogP contribution in [-0.4, -0.2) is 52.2 Å². The van der Waals surface area contributed by atoms with Gasteiger partial charge in [0.15, 0.2) is 11.4 Å². The number of amides is 2. The summed E-state index contributed by atoms with van der Waals surface area (Å²) in [5.74, 6) is -0.706. The first-order valence-corrected chi connectivity index (χ1v) is 8.48. The van der Waals surface area contributed by atoms with Crippen LogP contribution in [0.5, 0.6) is 0 Å². The minimum atomic E-state index is -1.69. The van der Waals surface area contributed by atoms with E-state index in [4.69, 9.17) is 4.42 Å². The van der Waals surface area contributed by atoms with Gasteiger partial charge in [0.25, 0.3) is 11.8 Å². The van der Waals surface area contributed by atoms with Gasteiger partial charge < -0.3 is 24.8 Å². The quantitative estimate of drug-likeness (QED) is 0.736. The Balaban J connectivity index is 1.66. The second-order valence-corrected chi connectivity index (χ2v) is 6.63. The lowest BCUT2D eigenvalue weighted by molar-refractivity contribution is -0.139. The SMILES string of the molecule is C[C@](O)(C(=O)NC[C@@H]1C[C@@H](O)CN1C(=O)c1ccco1)c1ccccc1. The number of β-amino-alcohol motifs (C(OH)–C–C–N with tert-alkyl or cyclic N) is 1. The summed E-state index contributed by atoms with van der Waals surface area (Å²) < 4.78 is 5.13. The van der Waals surface area contributed by atoms with Gasteiger partial charge in [0.2, 0.25) is 0 Å². The van der Waals surface area contributed by atoms with Gasteiger partial charge in [-0.05, 0) is 31.0 Å². The zero-order valence-electron chi connectivity index (χ0n) is 14.5. The van der Waals surface area contributed by atoms with Crippen molar-refractivity contribution in [3.05, 3.63) is 60.1 Å². The standard InChI is InChI=1S/C19H22N2O5/c1-19(25,13-6-3-2-4-7-13)18(24)20-11-14-10-15(22)12-21(14)17(23)16-8-5-9-26-16/h2-9,14-15,22,25H,10-12H2,1H3,(H,20,24)/t14-,15+,19+/m0/s1. The van der Waals surface area contributed by atoms with Crippen LogP contribution < -0.4 is 5.32 Å². The molecule has 7 nitrogen and oxygen atoms in total. The van der Waals surface area contributed by atoms with Crippen molar-refractivity contribution in [2.45, 2.75) is 31.1 Å². The maximum atomic E-state index is 12.5. The van der Waals surface area contributed by atoms with Crippen molar-refractivity contribution in [3.8, 4) is 0 Å². The van der Waals surface area contributed by atoms with Crippen LogP contribution in [-0.2, 0) is 10.4 Å². The number of hydrogen-bond donors (Lipinski definition) is 3. The number of likely N-dealkylation sites (tertiary alicyclic amines) is 1. The van der Waals surface area contributed by atoms with Crippen molar-refractivity contribution in [2.75, 3.05) is 13.1 Å². The summed E-state index contributed by atoms with van der Waals surface area (Å²) in [5, 5.41) is 23.2. The number of aliphatic hydroxyl groups is 2. The van der Waals surface area contributed by atoms with Crippen LogP contribution in [0.2, 0.25) is 0 Å². The lowest BCUT2D eigenvalue weighted by Gasteiger charge is -2.27. The summed E-state index contributed by atoms with van der Waals surface area (Å²) in [5.41, 5.74) is -1.21. The molecule has 1 fully saturated rings. The van der Waals surface area contributed by atoms with Crippen LogP contribution in [0.3, 0.4) is 0 Å². The fourth-order valence-corrected chi connectivity index (χ4v) is 3.15. The van der Waals surface area contributed by atoms with E-state index in [2.05, 4.69) is 5.32 Å². The Bertz CT molecular complexity index is 758. The normalized spacial score (nSPS) is 22.0. The molecule has 138 valence electrons. The van der Waals surface area contributed by atoms with Gasteiger partial charge in [0.1, 0.15) is 0 Å². The van der Waals surface area contributed by atoms with Crippen LogP contribution in [0, 0.1) is 0 Å². The maximum absolute atomic E-state index is 12.5. The second kappa shape index (κ2) is 7.31. The summed E-state index contributed by atoms with van der Waals surface area (Å²) in [4.78, 5) is 26.4. The zero-order valence-corrected chi connectivity index (χ0v) is 14.5. The predicted octanol–water partition coefficient (Wildman–Crippen LogP) is 0.879. The van der Waals surface area contributed by atoms with E-state index < -0.39 is 17.6 Å². The van der Waals surface area contributed by atoms with Crippen molar-refractivity contribution in [1.29, 1.82) is 0 Å². The Labute approximate surface area is 151 Å². The molecule has 0 radical (unpaired) electrons. The molecule has 0 aliphatic carbocycles. The Kier molecular flexibility index (Phi) is 5.11. The molecule has 3 rings (SSSR count). The summed E-state index contributed by atoms with van der Waals surface area (Å²) in [6.45, 7) is 1.73. The Morgan fingerprint density at radius 1 is 1.27 bits per heavy atom. The largest absolute Gasteiger partial charge is 0.459 e. The maximum Gasteiger partial charge on any atom is 0.289 e. The Morgan fingerprint density at radius 3 is 2.65 bits per heavy atom. The molecule has 7 heteroatoms. The van der Waals surface area contributed by atoms with Crippen molar-refractivity contribution >= 4 is 11.8 Å². The highest BCUT2D eigenvalue weighted by atomic mass is 16.3. The number of nitrogens with zero attached hydrogens (tertiary/aromatic N) is 1. The molecule has 1 aromatic heterocycles. The average Bonchev–Trinajstić information content (AvgIpc) is 3.29. The fourth-order valence-electron chi connectivity index (χ4n) is 3.15. The molecule has 26 heavy (non-hydrogen) atoms. The molecule has 0 saturated carbocycles. The van der Waals surface area contributed by atoms with Gasteiger partial charge in [-0.15, -0.1) is 0 Å². The second-order valence-electron chi connectivity index (χ2n) is 6.63. The van der Waals surface area contributed by atoms with Crippen LogP contribution in [0.25, 0.3) is 0 Å². The summed E-state index contributed by atoms with van der Waals surface area (Å²) in [6.07, 6.45) is 1.10. The number of carbonyl (C=O) groups excluding carboxylic acids is 2. The van der Waals surface area contributed by atoms with Crippen LogP contribution in [0.15, 0.2) is 53.1 Å². The molecule has 1 aromatic carbocycles. The highest BCUT2D eigenvalue weighted by Crippen LogP contribution is 2.23. The predicted molar refractivity (Wildman–Crippen MR) is 93.2 cm³/mol. The van der Waals surface area contributed by atoms with Crippen molar-refractivity contribution in [1.82, 2.24) is 10.2 Å². The van der Waals surface area contributed by atoms with E-state index >= 15 is 0 Å². The molecule has 2 amide bonds. The van der Waals surface area contributed by atoms with E-state index in [9.17, 15) is 19.8 Å². The molecule has 3 N–H and O–H groups in total. The molecule has 0 unspecified atom stereocenters. The number of aliphatic hydroxyl groups excluding tert-OH is 1. The van der Waals surface area contributed by atoms with Crippen molar-refractivity contribution < 1.29 is 24.2 Å². The lowest BCUT2D eigenvalue weighted by Crippen LogP contribution is -2.48. The summed E-state index contributed by atoms with van der Waals surface area (Å²) in [7, 11) is 0. The number of furan rings is 1. The van der Waals surface area contributed by atoms with Gasteiger partial charge in [-0.2, -0.15) is 0 Å². The van der Waals surface area contributed by atoms with Gasteiger partial charge in [-0.25, -0.2) is 0 Å². The minimum Gasteiger partial charge on any atom is -0.459 e. The van der Waals surface area contributed by atoms with Gasteiger partial charge >= 0.3 is 0 Å². The van der Waals surface area contributed by atoms with Crippen molar-refractivity contribution in [3.63, 3.8) is 0 Å². The van der Waals surface area contributed by atoms with Gasteiger partial charge in [-0.3, -0.25) is 9.59 Å². The fraction of sp³-hybridized carbons (Fsp3) is 0.368. The van der Waals surface area contributed by atoms with E-state index in [0.29, 0.717) is 12.0 Å². The minimum absolute atomic E-state index is 0.130. The smallest absolute Gasteiger partial charge is 0.289 e. The van der Waals surface area contributed by atoms with E-state index in [1.165, 1.54) is 18.1 Å². The Morgan fingerprint density at radius 2 is 2.00 bits per heavy atom. The van der Waals surface area contributed by atoms with Crippen LogP contribution >= 0.6 is 0 Å². The van der Waals surface area contributed by atoms with E-state index in [1.54, 1.807) is 42.5 Å². The third kappa shape index (κ3) is 3.63. The third-order valence-corrected chi connectivity index (χ3v) is 4.66. The molecular weight excluding hydrogens is 336 g/mol. The Hall–Kier alpha value is -2.64. The first-order chi connectivity index (χ1) is 12.4. The highest BCUT2D eigenvalue weighted by Gasteiger charge is 2.38. The molecule has 1 saturated heterocycles. The first kappa shape index (κ1) is 18.2. The first-order valence-electron chi connectivity index (χ1n) is 8.48. The molecule has 0 spiro atoms. The number of hydrogen-bond acceptors (Lipinski definition) is 5. The van der Waals surface area contributed by atoms with Gasteiger partial charge in [0.05, 0.1) is 18.4 Å². The zero-order chi connectivity index (χ0) is 18.7. The van der Waals surface area contributed by atoms with E-state index in [-0.39, 0.29) is 30.8 Å². The van der Waals surface area contributed by atoms with E-state index in [1.807, 2.05) is 0 Å². The third-order valence-electron chi connectivity index (χ3n) is 4.66. The van der Waals surface area contributed by atoms with Crippen LogP contribution in [0.1, 0.15) is 29.5 Å². The molecule has 3 atom stereocenters. The van der Waals surface area contributed by atoms with Gasteiger partial charge in [-0.1, -0.05) is 30.3 Å². The van der Waals surface area contributed by atoms with Crippen LogP contribution in [0.4, 0.5) is 0 Å². The number of carbonyl (C=O) groups is 2. The highest BCUT2D eigenvalue weighted by molar-refractivity contribution is 5.92. The van der Waals surface area contributed by atoms with E-state index in [0.717, 1.165) is 0 Å². The average molecular weight is 358 g/mol. The molecular formula is C19H22N2O5. The van der Waals surface area contributed by atoms with Gasteiger partial charge in [0, 0.05) is 13.1 Å². The summed E-state index contributed by atoms with van der Waals surface area (Å²) in [6, 6.07) is 11.4. The molecule has 1 aliphatic heterocycles. The topological polar surface area (TPSA) is 103 Å². The summed E-state index contributed by atoms with van der Waals surface area (Å²) >= 11 is 0. The number of nitrogens with one attached hydrogen (secondary N) is 1. The van der Waals surface area contributed by atoms with Crippen molar-refractivity contribution in [2.24, 2.45) is 0 Å².